The minimum absolute atomic E-state index is 0.131. The van der Waals surface area contributed by atoms with Gasteiger partial charge in [-0.25, -0.2) is 4.39 Å². The van der Waals surface area contributed by atoms with E-state index in [0.29, 0.717) is 17.9 Å². The molecule has 1 aromatic carbocycles. The Morgan fingerprint density at radius 2 is 2.35 bits per heavy atom. The molecule has 0 radical (unpaired) electrons. The molecule has 1 aliphatic rings. The number of hydrogen-bond donors (Lipinski definition) is 2. The van der Waals surface area contributed by atoms with Crippen molar-refractivity contribution in [3.63, 3.8) is 0 Å². The number of carbonyl (C=O) groups excluding carboxylic acids is 1. The van der Waals surface area contributed by atoms with Gasteiger partial charge in [-0.2, -0.15) is 0 Å². The first-order valence-corrected chi connectivity index (χ1v) is 6.93. The molecule has 0 aliphatic carbocycles. The molecule has 0 bridgehead atoms. The van der Waals surface area contributed by atoms with Crippen LogP contribution in [-0.4, -0.2) is 24.2 Å². The van der Waals surface area contributed by atoms with Crippen molar-refractivity contribution >= 4 is 11.6 Å². The molecular weight excluding hydrogens is 259 g/mol. The van der Waals surface area contributed by atoms with E-state index in [1.807, 2.05) is 0 Å². The summed E-state index contributed by atoms with van der Waals surface area (Å²) in [5.74, 6) is -0.932. The van der Waals surface area contributed by atoms with Crippen molar-refractivity contribution in [2.75, 3.05) is 11.9 Å². The fourth-order valence-electron chi connectivity index (χ4n) is 2.51. The van der Waals surface area contributed by atoms with Crippen LogP contribution >= 0.6 is 0 Å². The molecular formula is C15H21FN2O2. The number of hydrogen-bond acceptors (Lipinski definition) is 3. The van der Waals surface area contributed by atoms with E-state index in [-0.39, 0.29) is 17.5 Å². The molecule has 1 heterocycles. The summed E-state index contributed by atoms with van der Waals surface area (Å²) in [6.45, 7) is 4.80. The van der Waals surface area contributed by atoms with Crippen LogP contribution in [0.4, 0.5) is 10.1 Å². The molecule has 0 saturated carbocycles. The second-order valence-corrected chi connectivity index (χ2v) is 5.54. The lowest BCUT2D eigenvalue weighted by Gasteiger charge is -2.38. The van der Waals surface area contributed by atoms with E-state index in [4.69, 9.17) is 10.5 Å². The minimum Gasteiger partial charge on any atom is -0.380 e. The third-order valence-corrected chi connectivity index (χ3v) is 3.95. The Labute approximate surface area is 118 Å². The normalized spacial score (nSPS) is 26.2. The highest BCUT2D eigenvalue weighted by Crippen LogP contribution is 2.30. The molecule has 2 rings (SSSR count). The van der Waals surface area contributed by atoms with Gasteiger partial charge < -0.3 is 15.8 Å². The van der Waals surface area contributed by atoms with Gasteiger partial charge in [-0.1, -0.05) is 6.92 Å². The van der Waals surface area contributed by atoms with Gasteiger partial charge in [0.1, 0.15) is 5.82 Å². The number of halogens is 1. The topological polar surface area (TPSA) is 64.3 Å². The summed E-state index contributed by atoms with van der Waals surface area (Å²) in [7, 11) is 0. The van der Waals surface area contributed by atoms with E-state index in [1.165, 1.54) is 18.2 Å². The summed E-state index contributed by atoms with van der Waals surface area (Å²) >= 11 is 0. The second kappa shape index (κ2) is 5.79. The highest BCUT2D eigenvalue weighted by molar-refractivity contribution is 5.93. The van der Waals surface area contributed by atoms with Crippen LogP contribution in [0.5, 0.6) is 0 Å². The Morgan fingerprint density at radius 3 is 3.00 bits per heavy atom. The van der Waals surface area contributed by atoms with Crippen LogP contribution in [0.3, 0.4) is 0 Å². The van der Waals surface area contributed by atoms with E-state index in [1.54, 1.807) is 0 Å². The van der Waals surface area contributed by atoms with Crippen molar-refractivity contribution < 1.29 is 13.9 Å². The zero-order valence-corrected chi connectivity index (χ0v) is 11.9. The fraction of sp³-hybridized carbons (Fsp3) is 0.533. The van der Waals surface area contributed by atoms with Gasteiger partial charge in [0.2, 0.25) is 5.91 Å². The number of ether oxygens (including phenoxy) is 1. The third-order valence-electron chi connectivity index (χ3n) is 3.95. The van der Waals surface area contributed by atoms with Crippen LogP contribution in [-0.2, 0) is 4.74 Å². The Morgan fingerprint density at radius 1 is 1.60 bits per heavy atom. The standard InChI is InChI=1S/C15H21FN2O2/c1-3-15(2)9-11(6-7-20-15)18-13-8-10(14(17)19)4-5-12(13)16/h4-5,8,11,18H,3,6-7,9H2,1-2H3,(H2,17,19). The summed E-state index contributed by atoms with van der Waals surface area (Å²) in [6.07, 6.45) is 2.54. The van der Waals surface area contributed by atoms with Crippen molar-refractivity contribution in [2.45, 2.75) is 44.8 Å². The predicted octanol–water partition coefficient (Wildman–Crippen LogP) is 2.68. The smallest absolute Gasteiger partial charge is 0.248 e. The second-order valence-electron chi connectivity index (χ2n) is 5.54. The number of carbonyl (C=O) groups is 1. The van der Waals surface area contributed by atoms with Gasteiger partial charge in [-0.3, -0.25) is 4.79 Å². The molecule has 110 valence electrons. The number of nitrogens with one attached hydrogen (secondary N) is 1. The van der Waals surface area contributed by atoms with E-state index >= 15 is 0 Å². The van der Waals surface area contributed by atoms with Gasteiger partial charge in [0.15, 0.2) is 0 Å². The summed E-state index contributed by atoms with van der Waals surface area (Å²) in [5.41, 5.74) is 5.68. The van der Waals surface area contributed by atoms with Gasteiger partial charge in [0.25, 0.3) is 0 Å². The van der Waals surface area contributed by atoms with Crippen LogP contribution < -0.4 is 11.1 Å². The molecule has 5 heteroatoms. The molecule has 1 amide bonds. The van der Waals surface area contributed by atoms with Gasteiger partial charge >= 0.3 is 0 Å². The lowest BCUT2D eigenvalue weighted by atomic mass is 9.89. The lowest BCUT2D eigenvalue weighted by Crippen LogP contribution is -2.42. The van der Waals surface area contributed by atoms with Gasteiger partial charge in [-0.15, -0.1) is 0 Å². The van der Waals surface area contributed by atoms with Crippen LogP contribution in [0.25, 0.3) is 0 Å². The SMILES string of the molecule is CCC1(C)CC(Nc2cc(C(N)=O)ccc2F)CCO1. The van der Waals surface area contributed by atoms with Crippen LogP contribution in [0.15, 0.2) is 18.2 Å². The van der Waals surface area contributed by atoms with Crippen molar-refractivity contribution in [2.24, 2.45) is 5.73 Å². The number of primary amides is 1. The zero-order valence-electron chi connectivity index (χ0n) is 11.9. The number of rotatable bonds is 4. The van der Waals surface area contributed by atoms with Crippen molar-refractivity contribution in [3.8, 4) is 0 Å². The maximum absolute atomic E-state index is 13.8. The van der Waals surface area contributed by atoms with Gasteiger partial charge in [0.05, 0.1) is 11.3 Å². The third kappa shape index (κ3) is 3.28. The van der Waals surface area contributed by atoms with Crippen molar-refractivity contribution in [3.05, 3.63) is 29.6 Å². The van der Waals surface area contributed by atoms with E-state index in [2.05, 4.69) is 19.2 Å². The number of amides is 1. The monoisotopic (exact) mass is 280 g/mol. The number of anilines is 1. The van der Waals surface area contributed by atoms with Crippen LogP contribution in [0.1, 0.15) is 43.5 Å². The molecule has 2 atom stereocenters. The first-order chi connectivity index (χ1) is 9.43. The average Bonchev–Trinajstić information content (AvgIpc) is 2.41. The summed E-state index contributed by atoms with van der Waals surface area (Å²) < 4.78 is 19.6. The molecule has 1 fully saturated rings. The number of benzene rings is 1. The predicted molar refractivity (Wildman–Crippen MR) is 76.2 cm³/mol. The fourth-order valence-corrected chi connectivity index (χ4v) is 2.51. The molecule has 20 heavy (non-hydrogen) atoms. The summed E-state index contributed by atoms with van der Waals surface area (Å²) in [4.78, 5) is 11.2. The minimum atomic E-state index is -0.557. The molecule has 0 spiro atoms. The van der Waals surface area contributed by atoms with E-state index in [9.17, 15) is 9.18 Å². The molecule has 3 N–H and O–H groups in total. The van der Waals surface area contributed by atoms with E-state index < -0.39 is 5.91 Å². The quantitative estimate of drug-likeness (QED) is 0.891. The Kier molecular flexibility index (Phi) is 4.28. The van der Waals surface area contributed by atoms with Gasteiger partial charge in [0, 0.05) is 18.2 Å². The van der Waals surface area contributed by atoms with Crippen molar-refractivity contribution in [1.82, 2.24) is 0 Å². The highest BCUT2D eigenvalue weighted by atomic mass is 19.1. The van der Waals surface area contributed by atoms with E-state index in [0.717, 1.165) is 19.3 Å². The maximum Gasteiger partial charge on any atom is 0.248 e. The molecule has 1 aromatic rings. The summed E-state index contributed by atoms with van der Waals surface area (Å²) in [6, 6.07) is 4.26. The zero-order chi connectivity index (χ0) is 14.8. The maximum atomic E-state index is 13.8. The molecule has 1 saturated heterocycles. The molecule has 1 aliphatic heterocycles. The Balaban J connectivity index is 2.13. The first kappa shape index (κ1) is 14.8. The molecule has 4 nitrogen and oxygen atoms in total. The Hall–Kier alpha value is -1.62. The first-order valence-electron chi connectivity index (χ1n) is 6.93. The Bertz CT molecular complexity index is 507. The summed E-state index contributed by atoms with van der Waals surface area (Å²) in [5, 5.41) is 3.17. The molecule has 2 unspecified atom stereocenters. The largest absolute Gasteiger partial charge is 0.380 e. The van der Waals surface area contributed by atoms with Gasteiger partial charge in [-0.05, 0) is 44.4 Å². The van der Waals surface area contributed by atoms with Crippen molar-refractivity contribution in [1.29, 1.82) is 0 Å². The lowest BCUT2D eigenvalue weighted by molar-refractivity contribution is -0.0709. The average molecular weight is 280 g/mol. The van der Waals surface area contributed by atoms with Crippen LogP contribution in [0, 0.1) is 5.82 Å². The number of nitrogens with two attached hydrogens (primary N) is 1. The van der Waals surface area contributed by atoms with Crippen LogP contribution in [0.2, 0.25) is 0 Å². The highest BCUT2D eigenvalue weighted by Gasteiger charge is 2.31. The molecule has 0 aromatic heterocycles.